The van der Waals surface area contributed by atoms with E-state index in [0.29, 0.717) is 19.4 Å². The van der Waals surface area contributed by atoms with Crippen LogP contribution >= 0.6 is 0 Å². The van der Waals surface area contributed by atoms with Crippen LogP contribution in [0.15, 0.2) is 54.6 Å². The number of carbonyl (C=O) groups excluding carboxylic acids is 2. The summed E-state index contributed by atoms with van der Waals surface area (Å²) in [5.41, 5.74) is 3.17. The van der Waals surface area contributed by atoms with E-state index in [-0.39, 0.29) is 17.9 Å². The van der Waals surface area contributed by atoms with Crippen LogP contribution in [0.3, 0.4) is 0 Å². The standard InChI is InChI=1S/C21H24N2O2/c1-16-7-6-8-17(13-16)15-23-19(11-12-20(23)24)14-21(25)22(2)18-9-4-3-5-10-18/h3-10,13,19H,11-12,14-15H2,1-2H3. The smallest absolute Gasteiger partial charge is 0.228 e. The van der Waals surface area contributed by atoms with Gasteiger partial charge >= 0.3 is 0 Å². The van der Waals surface area contributed by atoms with E-state index in [4.69, 9.17) is 0 Å². The number of likely N-dealkylation sites (tertiary alicyclic amines) is 1. The molecule has 3 rings (SSSR count). The molecule has 1 fully saturated rings. The molecule has 1 aliphatic rings. The van der Waals surface area contributed by atoms with Gasteiger partial charge in [-0.3, -0.25) is 9.59 Å². The molecule has 4 nitrogen and oxygen atoms in total. The predicted molar refractivity (Wildman–Crippen MR) is 99.2 cm³/mol. The average molecular weight is 336 g/mol. The Labute approximate surface area is 149 Å². The van der Waals surface area contributed by atoms with Crippen LogP contribution in [0.5, 0.6) is 0 Å². The number of hydrogen-bond acceptors (Lipinski definition) is 2. The van der Waals surface area contributed by atoms with E-state index in [0.717, 1.165) is 17.7 Å². The van der Waals surface area contributed by atoms with Gasteiger partial charge in [-0.2, -0.15) is 0 Å². The lowest BCUT2D eigenvalue weighted by Crippen LogP contribution is -2.37. The summed E-state index contributed by atoms with van der Waals surface area (Å²) in [4.78, 5) is 28.5. The molecule has 1 saturated heterocycles. The Morgan fingerprint density at radius 1 is 1.16 bits per heavy atom. The minimum atomic E-state index is -0.0216. The highest BCUT2D eigenvalue weighted by Gasteiger charge is 2.33. The molecule has 1 heterocycles. The van der Waals surface area contributed by atoms with Crippen LogP contribution in [0.1, 0.15) is 30.4 Å². The van der Waals surface area contributed by atoms with Crippen molar-refractivity contribution in [3.8, 4) is 0 Å². The first-order chi connectivity index (χ1) is 12.0. The summed E-state index contributed by atoms with van der Waals surface area (Å²) in [6.45, 7) is 2.62. The molecule has 0 N–H and O–H groups in total. The number of carbonyl (C=O) groups is 2. The minimum Gasteiger partial charge on any atom is -0.335 e. The summed E-state index contributed by atoms with van der Waals surface area (Å²) in [5.74, 6) is 0.182. The lowest BCUT2D eigenvalue weighted by molar-refractivity contribution is -0.130. The van der Waals surface area contributed by atoms with Crippen molar-refractivity contribution in [3.63, 3.8) is 0 Å². The monoisotopic (exact) mass is 336 g/mol. The number of nitrogens with zero attached hydrogens (tertiary/aromatic N) is 2. The van der Waals surface area contributed by atoms with E-state index in [1.165, 1.54) is 5.56 Å². The van der Waals surface area contributed by atoms with E-state index in [9.17, 15) is 9.59 Å². The van der Waals surface area contributed by atoms with Gasteiger partial charge < -0.3 is 9.80 Å². The van der Waals surface area contributed by atoms with Gasteiger partial charge in [0.15, 0.2) is 0 Å². The third kappa shape index (κ3) is 4.08. The van der Waals surface area contributed by atoms with Crippen molar-refractivity contribution >= 4 is 17.5 Å². The second-order valence-corrected chi connectivity index (χ2v) is 6.70. The minimum absolute atomic E-state index is 0.0216. The first kappa shape index (κ1) is 17.2. The maximum Gasteiger partial charge on any atom is 0.228 e. The van der Waals surface area contributed by atoms with Gasteiger partial charge in [0.25, 0.3) is 0 Å². The average Bonchev–Trinajstić information content (AvgIpc) is 2.95. The Bertz CT molecular complexity index is 758. The van der Waals surface area contributed by atoms with Crippen molar-refractivity contribution < 1.29 is 9.59 Å². The number of rotatable bonds is 5. The van der Waals surface area contributed by atoms with Crippen LogP contribution in [-0.2, 0) is 16.1 Å². The topological polar surface area (TPSA) is 40.6 Å². The molecule has 2 aromatic rings. The Balaban J connectivity index is 1.68. The Kier molecular flexibility index (Phi) is 5.17. The number of aryl methyl sites for hydroxylation is 1. The van der Waals surface area contributed by atoms with Gasteiger partial charge in [-0.25, -0.2) is 0 Å². The van der Waals surface area contributed by atoms with E-state index in [1.807, 2.05) is 60.4 Å². The summed E-state index contributed by atoms with van der Waals surface area (Å²) >= 11 is 0. The number of anilines is 1. The first-order valence-electron chi connectivity index (χ1n) is 8.71. The summed E-state index contributed by atoms with van der Waals surface area (Å²) in [6.07, 6.45) is 1.64. The Morgan fingerprint density at radius 2 is 1.92 bits per heavy atom. The van der Waals surface area contributed by atoms with Gasteiger partial charge in [0, 0.05) is 38.2 Å². The van der Waals surface area contributed by atoms with Crippen LogP contribution in [0.25, 0.3) is 0 Å². The van der Waals surface area contributed by atoms with Crippen LogP contribution in [-0.4, -0.2) is 29.8 Å². The van der Waals surface area contributed by atoms with Crippen molar-refractivity contribution in [2.75, 3.05) is 11.9 Å². The van der Waals surface area contributed by atoms with Gasteiger partial charge in [0.1, 0.15) is 0 Å². The molecule has 0 spiro atoms. The first-order valence-corrected chi connectivity index (χ1v) is 8.71. The number of amides is 2. The molecule has 0 saturated carbocycles. The normalized spacial score (nSPS) is 17.0. The zero-order chi connectivity index (χ0) is 17.8. The van der Waals surface area contributed by atoms with Gasteiger partial charge in [0.05, 0.1) is 0 Å². The molecular formula is C21H24N2O2. The third-order valence-electron chi connectivity index (χ3n) is 4.82. The van der Waals surface area contributed by atoms with E-state index in [1.54, 1.807) is 11.9 Å². The van der Waals surface area contributed by atoms with E-state index >= 15 is 0 Å². The Morgan fingerprint density at radius 3 is 2.64 bits per heavy atom. The summed E-state index contributed by atoms with van der Waals surface area (Å²) < 4.78 is 0. The molecular weight excluding hydrogens is 312 g/mol. The molecule has 25 heavy (non-hydrogen) atoms. The molecule has 1 atom stereocenters. The summed E-state index contributed by atoms with van der Waals surface area (Å²) in [5, 5.41) is 0. The quantitative estimate of drug-likeness (QED) is 0.838. The summed E-state index contributed by atoms with van der Waals surface area (Å²) in [6, 6.07) is 17.8. The SMILES string of the molecule is Cc1cccc(CN2C(=O)CCC2CC(=O)N(C)c2ccccc2)c1. The predicted octanol–water partition coefficient (Wildman–Crippen LogP) is 3.54. The van der Waals surface area contributed by atoms with Crippen LogP contribution in [0.4, 0.5) is 5.69 Å². The molecule has 4 heteroatoms. The molecule has 1 aliphatic heterocycles. The van der Waals surface area contributed by atoms with Crippen LogP contribution < -0.4 is 4.90 Å². The van der Waals surface area contributed by atoms with Gasteiger partial charge in [-0.05, 0) is 31.0 Å². The highest BCUT2D eigenvalue weighted by atomic mass is 16.2. The third-order valence-corrected chi connectivity index (χ3v) is 4.82. The van der Waals surface area contributed by atoms with Gasteiger partial charge in [-0.15, -0.1) is 0 Å². The maximum atomic E-state index is 12.6. The molecule has 0 radical (unpaired) electrons. The Hall–Kier alpha value is -2.62. The van der Waals surface area contributed by atoms with Crippen molar-refractivity contribution in [3.05, 3.63) is 65.7 Å². The number of hydrogen-bond donors (Lipinski definition) is 0. The van der Waals surface area contributed by atoms with E-state index < -0.39 is 0 Å². The lowest BCUT2D eigenvalue weighted by Gasteiger charge is -2.27. The molecule has 1 unspecified atom stereocenters. The van der Waals surface area contributed by atoms with Crippen LogP contribution in [0, 0.1) is 6.92 Å². The highest BCUT2D eigenvalue weighted by molar-refractivity contribution is 5.93. The fourth-order valence-electron chi connectivity index (χ4n) is 3.36. The fraction of sp³-hybridized carbons (Fsp3) is 0.333. The highest BCUT2D eigenvalue weighted by Crippen LogP contribution is 2.25. The van der Waals surface area contributed by atoms with Gasteiger partial charge in [0.2, 0.25) is 11.8 Å². The number of benzene rings is 2. The zero-order valence-electron chi connectivity index (χ0n) is 14.8. The fourth-order valence-corrected chi connectivity index (χ4v) is 3.36. The molecule has 2 amide bonds. The second kappa shape index (κ2) is 7.51. The second-order valence-electron chi connectivity index (χ2n) is 6.70. The largest absolute Gasteiger partial charge is 0.335 e. The zero-order valence-corrected chi connectivity index (χ0v) is 14.8. The molecule has 0 aromatic heterocycles. The van der Waals surface area contributed by atoms with Crippen molar-refractivity contribution in [2.45, 2.75) is 38.8 Å². The van der Waals surface area contributed by atoms with Crippen molar-refractivity contribution in [2.24, 2.45) is 0 Å². The van der Waals surface area contributed by atoms with Crippen molar-refractivity contribution in [1.82, 2.24) is 4.90 Å². The molecule has 130 valence electrons. The molecule has 0 aliphatic carbocycles. The molecule has 2 aromatic carbocycles. The van der Waals surface area contributed by atoms with E-state index in [2.05, 4.69) is 6.07 Å². The summed E-state index contributed by atoms with van der Waals surface area (Å²) in [7, 11) is 1.79. The maximum absolute atomic E-state index is 12.6. The van der Waals surface area contributed by atoms with Crippen LogP contribution in [0.2, 0.25) is 0 Å². The number of para-hydroxylation sites is 1. The molecule has 0 bridgehead atoms. The van der Waals surface area contributed by atoms with Crippen molar-refractivity contribution in [1.29, 1.82) is 0 Å². The van der Waals surface area contributed by atoms with Gasteiger partial charge in [-0.1, -0.05) is 48.0 Å². The lowest BCUT2D eigenvalue weighted by atomic mass is 10.1.